The molecule has 1 aromatic heterocycles. The molecule has 1 rings (SSSR count). The van der Waals surface area contributed by atoms with Gasteiger partial charge in [0, 0.05) is 24.9 Å². The van der Waals surface area contributed by atoms with Crippen molar-refractivity contribution in [3.05, 3.63) is 18.2 Å². The van der Waals surface area contributed by atoms with E-state index in [2.05, 4.69) is 21.8 Å². The van der Waals surface area contributed by atoms with Crippen LogP contribution < -0.4 is 5.32 Å². The normalized spacial score (nSPS) is 16.2. The average molecular weight is 253 g/mol. The molecule has 1 aromatic rings. The number of likely N-dealkylation sites (N-methyl/N-ethyl adjacent to an activating group) is 1. The van der Waals surface area contributed by atoms with Gasteiger partial charge < -0.3 is 15.0 Å². The van der Waals surface area contributed by atoms with E-state index in [1.807, 2.05) is 13.1 Å². The molecule has 2 atom stereocenters. The molecule has 102 valence electrons. The maximum Gasteiger partial charge on any atom is 0.323 e. The fourth-order valence-corrected chi connectivity index (χ4v) is 2.15. The number of rotatable bonds is 7. The number of carbonyl (C=O) groups is 1. The number of aryl methyl sites for hydroxylation is 1. The van der Waals surface area contributed by atoms with Gasteiger partial charge in [0.1, 0.15) is 11.4 Å². The fourth-order valence-electron chi connectivity index (χ4n) is 2.15. The number of nitrogens with zero attached hydrogens (tertiary/aromatic N) is 2. The number of carboxylic acid groups (broad SMARTS) is 1. The second-order valence-electron chi connectivity index (χ2n) is 4.94. The fraction of sp³-hybridized carbons (Fsp3) is 0.692. The second-order valence-corrected chi connectivity index (χ2v) is 4.94. The van der Waals surface area contributed by atoms with E-state index in [9.17, 15) is 9.90 Å². The Kier molecular flexibility index (Phi) is 4.90. The molecule has 0 saturated carbocycles. The minimum Gasteiger partial charge on any atom is -0.480 e. The average Bonchev–Trinajstić information content (AvgIpc) is 2.77. The highest BCUT2D eigenvalue weighted by Crippen LogP contribution is 2.22. The van der Waals surface area contributed by atoms with Crippen LogP contribution in [-0.4, -0.2) is 33.2 Å². The first-order chi connectivity index (χ1) is 8.44. The van der Waals surface area contributed by atoms with Gasteiger partial charge in [-0.2, -0.15) is 0 Å². The number of hydrogen-bond acceptors (Lipinski definition) is 3. The number of aromatic nitrogens is 2. The third-order valence-electron chi connectivity index (χ3n) is 3.42. The van der Waals surface area contributed by atoms with Crippen LogP contribution in [0.15, 0.2) is 12.4 Å². The number of nitrogens with one attached hydrogen (secondary N) is 1. The summed E-state index contributed by atoms with van der Waals surface area (Å²) in [4.78, 5) is 15.6. The van der Waals surface area contributed by atoms with Gasteiger partial charge in [-0.15, -0.1) is 0 Å². The molecule has 0 aromatic carbocycles. The van der Waals surface area contributed by atoms with Crippen molar-refractivity contribution in [1.82, 2.24) is 14.9 Å². The number of imidazole rings is 1. The zero-order valence-corrected chi connectivity index (χ0v) is 11.6. The largest absolute Gasteiger partial charge is 0.480 e. The lowest BCUT2D eigenvalue weighted by molar-refractivity contribution is -0.144. The first-order valence-electron chi connectivity index (χ1n) is 6.38. The summed E-state index contributed by atoms with van der Waals surface area (Å²) in [6.45, 7) is 5.85. The van der Waals surface area contributed by atoms with Crippen molar-refractivity contribution in [2.75, 3.05) is 7.05 Å². The van der Waals surface area contributed by atoms with Gasteiger partial charge in [0.2, 0.25) is 0 Å². The van der Waals surface area contributed by atoms with Gasteiger partial charge in [0.15, 0.2) is 0 Å². The van der Waals surface area contributed by atoms with Gasteiger partial charge in [-0.3, -0.25) is 4.79 Å². The number of hydrogen-bond donors (Lipinski definition) is 2. The lowest BCUT2D eigenvalue weighted by atomic mass is 9.93. The highest BCUT2D eigenvalue weighted by atomic mass is 16.4. The first-order valence-corrected chi connectivity index (χ1v) is 6.38. The van der Waals surface area contributed by atoms with E-state index in [4.69, 9.17) is 0 Å². The molecule has 0 spiro atoms. The molecule has 0 fully saturated rings. The van der Waals surface area contributed by atoms with E-state index in [0.29, 0.717) is 6.42 Å². The molecule has 0 aliphatic carbocycles. The quantitative estimate of drug-likeness (QED) is 0.778. The Bertz CT molecular complexity index is 403. The summed E-state index contributed by atoms with van der Waals surface area (Å²) in [5, 5.41) is 12.2. The Morgan fingerprint density at radius 1 is 1.67 bits per heavy atom. The van der Waals surface area contributed by atoms with Crippen LogP contribution in [-0.2, 0) is 11.2 Å². The predicted molar refractivity (Wildman–Crippen MR) is 70.7 cm³/mol. The molecule has 1 heterocycles. The Morgan fingerprint density at radius 2 is 2.33 bits per heavy atom. The SMILES string of the molecule is CCCc1nccn1C(C)CC(C)(NC)C(=O)O. The lowest BCUT2D eigenvalue weighted by Crippen LogP contribution is -2.48. The number of carboxylic acids is 1. The van der Waals surface area contributed by atoms with E-state index in [1.165, 1.54) is 0 Å². The van der Waals surface area contributed by atoms with Gasteiger partial charge in [0.05, 0.1) is 0 Å². The smallest absolute Gasteiger partial charge is 0.323 e. The lowest BCUT2D eigenvalue weighted by Gasteiger charge is -2.28. The van der Waals surface area contributed by atoms with Gasteiger partial charge in [-0.25, -0.2) is 4.98 Å². The second kappa shape index (κ2) is 6.00. The molecule has 2 N–H and O–H groups in total. The number of aliphatic carboxylic acids is 1. The highest BCUT2D eigenvalue weighted by Gasteiger charge is 2.33. The topological polar surface area (TPSA) is 67.2 Å². The Labute approximate surface area is 108 Å². The molecule has 18 heavy (non-hydrogen) atoms. The Morgan fingerprint density at radius 3 is 2.83 bits per heavy atom. The minimum absolute atomic E-state index is 0.0996. The van der Waals surface area contributed by atoms with Crippen LogP contribution >= 0.6 is 0 Å². The van der Waals surface area contributed by atoms with E-state index in [-0.39, 0.29) is 6.04 Å². The highest BCUT2D eigenvalue weighted by molar-refractivity contribution is 5.78. The molecule has 0 amide bonds. The van der Waals surface area contributed by atoms with E-state index >= 15 is 0 Å². The summed E-state index contributed by atoms with van der Waals surface area (Å²) < 4.78 is 2.07. The minimum atomic E-state index is -0.910. The van der Waals surface area contributed by atoms with Crippen molar-refractivity contribution >= 4 is 5.97 Å². The van der Waals surface area contributed by atoms with Crippen LogP contribution in [0.2, 0.25) is 0 Å². The predicted octanol–water partition coefficient (Wildman–Crippen LogP) is 1.85. The van der Waals surface area contributed by atoms with E-state index < -0.39 is 11.5 Å². The van der Waals surface area contributed by atoms with Crippen LogP contribution in [0.4, 0.5) is 0 Å². The third-order valence-corrected chi connectivity index (χ3v) is 3.42. The maximum absolute atomic E-state index is 11.3. The van der Waals surface area contributed by atoms with E-state index in [0.717, 1.165) is 18.7 Å². The third kappa shape index (κ3) is 3.10. The van der Waals surface area contributed by atoms with Crippen molar-refractivity contribution < 1.29 is 9.90 Å². The molecule has 5 heteroatoms. The van der Waals surface area contributed by atoms with Crippen LogP contribution in [0.3, 0.4) is 0 Å². The van der Waals surface area contributed by atoms with Gasteiger partial charge >= 0.3 is 5.97 Å². The Hall–Kier alpha value is -1.36. The monoisotopic (exact) mass is 253 g/mol. The summed E-state index contributed by atoms with van der Waals surface area (Å²) in [5.74, 6) is 0.197. The zero-order chi connectivity index (χ0) is 13.8. The molecule has 2 unspecified atom stereocenters. The zero-order valence-electron chi connectivity index (χ0n) is 11.6. The summed E-state index contributed by atoms with van der Waals surface area (Å²) in [5.41, 5.74) is -0.910. The molecule has 0 aliphatic rings. The van der Waals surface area contributed by atoms with E-state index in [1.54, 1.807) is 20.2 Å². The molecule has 0 saturated heterocycles. The van der Waals surface area contributed by atoms with Gasteiger partial charge in [0.25, 0.3) is 0 Å². The molecular formula is C13H23N3O2. The maximum atomic E-state index is 11.3. The summed E-state index contributed by atoms with van der Waals surface area (Å²) in [6.07, 6.45) is 6.17. The van der Waals surface area contributed by atoms with Crippen LogP contribution in [0.5, 0.6) is 0 Å². The van der Waals surface area contributed by atoms with Crippen molar-refractivity contribution in [2.45, 2.75) is 51.6 Å². The van der Waals surface area contributed by atoms with Gasteiger partial charge in [-0.05, 0) is 33.7 Å². The van der Waals surface area contributed by atoms with Crippen molar-refractivity contribution in [3.8, 4) is 0 Å². The molecule has 0 bridgehead atoms. The summed E-state index contributed by atoms with van der Waals surface area (Å²) >= 11 is 0. The van der Waals surface area contributed by atoms with Crippen molar-refractivity contribution in [2.24, 2.45) is 0 Å². The van der Waals surface area contributed by atoms with Crippen molar-refractivity contribution in [3.63, 3.8) is 0 Å². The molecule has 5 nitrogen and oxygen atoms in total. The summed E-state index contributed by atoms with van der Waals surface area (Å²) in [7, 11) is 1.68. The molecule has 0 aliphatic heterocycles. The van der Waals surface area contributed by atoms with Crippen LogP contribution in [0.25, 0.3) is 0 Å². The standard InChI is InChI=1S/C13H23N3O2/c1-5-6-11-15-7-8-16(11)10(2)9-13(3,14-4)12(17)18/h7-8,10,14H,5-6,9H2,1-4H3,(H,17,18). The van der Waals surface area contributed by atoms with Gasteiger partial charge in [-0.1, -0.05) is 6.92 Å². The molecular weight excluding hydrogens is 230 g/mol. The van der Waals surface area contributed by atoms with Crippen molar-refractivity contribution in [1.29, 1.82) is 0 Å². The first kappa shape index (κ1) is 14.7. The molecule has 0 radical (unpaired) electrons. The Balaban J connectivity index is 2.84. The van der Waals surface area contributed by atoms with Crippen LogP contribution in [0, 0.1) is 0 Å². The summed E-state index contributed by atoms with van der Waals surface area (Å²) in [6, 6.07) is 0.0996. The van der Waals surface area contributed by atoms with Crippen LogP contribution in [0.1, 0.15) is 45.5 Å².